The summed E-state index contributed by atoms with van der Waals surface area (Å²) in [6.07, 6.45) is 0. The fourth-order valence-electron chi connectivity index (χ4n) is 1.98. The summed E-state index contributed by atoms with van der Waals surface area (Å²) in [6.45, 7) is 0.144. The van der Waals surface area contributed by atoms with Crippen LogP contribution in [0, 0.1) is 0 Å². The first-order valence-corrected chi connectivity index (χ1v) is 7.05. The van der Waals surface area contributed by atoms with Gasteiger partial charge in [0.1, 0.15) is 5.38 Å². The van der Waals surface area contributed by atoms with Gasteiger partial charge < -0.3 is 14.8 Å². The van der Waals surface area contributed by atoms with Crippen molar-refractivity contribution in [3.63, 3.8) is 0 Å². The highest BCUT2D eigenvalue weighted by Crippen LogP contribution is 2.39. The van der Waals surface area contributed by atoms with Gasteiger partial charge in [-0.25, -0.2) is 0 Å². The molecule has 2 aromatic carbocycles. The van der Waals surface area contributed by atoms with Gasteiger partial charge in [0.2, 0.25) is 12.7 Å². The summed E-state index contributed by atoms with van der Waals surface area (Å²) in [4.78, 5) is 12.2. The van der Waals surface area contributed by atoms with E-state index in [0.29, 0.717) is 27.8 Å². The number of rotatable bonds is 3. The van der Waals surface area contributed by atoms with Crippen LogP contribution in [0.1, 0.15) is 10.9 Å². The quantitative estimate of drug-likeness (QED) is 0.869. The molecule has 0 bridgehead atoms. The molecule has 1 unspecified atom stereocenters. The van der Waals surface area contributed by atoms with Crippen LogP contribution in [0.5, 0.6) is 11.5 Å². The third-order valence-corrected chi connectivity index (χ3v) is 3.81. The number of ether oxygens (including phenoxy) is 2. The molecule has 0 aliphatic carbocycles. The number of fused-ring (bicyclic) bond motifs is 1. The Kier molecular flexibility index (Phi) is 3.90. The van der Waals surface area contributed by atoms with Crippen LogP contribution in [0.2, 0.25) is 5.02 Å². The third kappa shape index (κ3) is 2.91. The van der Waals surface area contributed by atoms with Gasteiger partial charge in [0.25, 0.3) is 0 Å². The van der Waals surface area contributed by atoms with Gasteiger partial charge in [0.15, 0.2) is 11.5 Å². The van der Waals surface area contributed by atoms with Gasteiger partial charge in [0.05, 0.1) is 10.7 Å². The van der Waals surface area contributed by atoms with Crippen molar-refractivity contribution in [2.75, 3.05) is 12.1 Å². The second kappa shape index (κ2) is 5.84. The first kappa shape index (κ1) is 14.0. The van der Waals surface area contributed by atoms with Crippen LogP contribution in [-0.4, -0.2) is 12.7 Å². The number of carbonyl (C=O) groups is 1. The van der Waals surface area contributed by atoms with E-state index in [1.54, 1.807) is 24.3 Å². The predicted molar refractivity (Wildman–Crippen MR) is 81.2 cm³/mol. The van der Waals surface area contributed by atoms with Crippen LogP contribution in [0.25, 0.3) is 0 Å². The van der Waals surface area contributed by atoms with E-state index >= 15 is 0 Å². The molecule has 0 aromatic heterocycles. The molecule has 2 aromatic rings. The largest absolute Gasteiger partial charge is 0.454 e. The van der Waals surface area contributed by atoms with Crippen LogP contribution in [0.3, 0.4) is 0 Å². The number of benzene rings is 2. The molecule has 0 radical (unpaired) electrons. The fraction of sp³-hybridized carbons (Fsp3) is 0.133. The molecule has 4 nitrogen and oxygen atoms in total. The van der Waals surface area contributed by atoms with Crippen LogP contribution in [0.15, 0.2) is 42.5 Å². The van der Waals surface area contributed by atoms with Crippen molar-refractivity contribution in [1.82, 2.24) is 0 Å². The topological polar surface area (TPSA) is 47.6 Å². The minimum atomic E-state index is -0.798. The standard InChI is InChI=1S/C15H11Cl2NO3/c16-10-6-12-13(21-8-20-12)7-11(10)18-15(19)14(17)9-4-2-1-3-5-9/h1-7,14H,8H2,(H,18,19). The highest BCUT2D eigenvalue weighted by Gasteiger charge is 2.21. The Morgan fingerprint density at radius 2 is 1.81 bits per heavy atom. The molecule has 0 fully saturated rings. The van der Waals surface area contributed by atoms with E-state index in [1.165, 1.54) is 0 Å². The van der Waals surface area contributed by atoms with Crippen molar-refractivity contribution in [3.8, 4) is 11.5 Å². The van der Waals surface area contributed by atoms with E-state index < -0.39 is 5.38 Å². The normalized spacial score (nSPS) is 13.8. The SMILES string of the molecule is O=C(Nc1cc2c(cc1Cl)OCO2)C(Cl)c1ccccc1. The van der Waals surface area contributed by atoms with Crippen molar-refractivity contribution < 1.29 is 14.3 Å². The monoisotopic (exact) mass is 323 g/mol. The van der Waals surface area contributed by atoms with Gasteiger partial charge in [-0.2, -0.15) is 0 Å². The summed E-state index contributed by atoms with van der Waals surface area (Å²) in [6, 6.07) is 12.3. The molecule has 1 amide bonds. The Hall–Kier alpha value is -1.91. The van der Waals surface area contributed by atoms with E-state index in [4.69, 9.17) is 32.7 Å². The molecule has 0 saturated heterocycles. The lowest BCUT2D eigenvalue weighted by atomic mass is 10.1. The molecule has 0 saturated carbocycles. The number of carbonyl (C=O) groups excluding carboxylic acids is 1. The van der Waals surface area contributed by atoms with Crippen LogP contribution < -0.4 is 14.8 Å². The Balaban J connectivity index is 1.79. The van der Waals surface area contributed by atoms with E-state index in [2.05, 4.69) is 5.32 Å². The van der Waals surface area contributed by atoms with Crippen molar-refractivity contribution in [1.29, 1.82) is 0 Å². The molecular weight excluding hydrogens is 313 g/mol. The minimum absolute atomic E-state index is 0.144. The molecule has 6 heteroatoms. The predicted octanol–water partition coefficient (Wildman–Crippen LogP) is 3.99. The van der Waals surface area contributed by atoms with Crippen molar-refractivity contribution in [2.45, 2.75) is 5.38 Å². The van der Waals surface area contributed by atoms with Gasteiger partial charge in [-0.1, -0.05) is 41.9 Å². The molecule has 3 rings (SSSR count). The molecule has 108 valence electrons. The maximum absolute atomic E-state index is 12.2. The van der Waals surface area contributed by atoms with Crippen molar-refractivity contribution >= 4 is 34.8 Å². The van der Waals surface area contributed by atoms with Gasteiger partial charge in [-0.15, -0.1) is 11.6 Å². The Morgan fingerprint density at radius 3 is 2.52 bits per heavy atom. The minimum Gasteiger partial charge on any atom is -0.454 e. The van der Waals surface area contributed by atoms with E-state index in [-0.39, 0.29) is 12.7 Å². The zero-order valence-electron chi connectivity index (χ0n) is 10.8. The lowest BCUT2D eigenvalue weighted by Gasteiger charge is -2.12. The first-order chi connectivity index (χ1) is 10.1. The first-order valence-electron chi connectivity index (χ1n) is 6.24. The molecule has 1 aliphatic rings. The summed E-state index contributed by atoms with van der Waals surface area (Å²) >= 11 is 12.3. The zero-order chi connectivity index (χ0) is 14.8. The Labute approximate surface area is 131 Å². The number of hydrogen-bond acceptors (Lipinski definition) is 3. The summed E-state index contributed by atoms with van der Waals surface area (Å²) in [7, 11) is 0. The molecule has 1 heterocycles. The summed E-state index contributed by atoms with van der Waals surface area (Å²) in [5, 5.41) is 2.27. The average molecular weight is 324 g/mol. The molecule has 0 spiro atoms. The van der Waals surface area contributed by atoms with E-state index in [9.17, 15) is 4.79 Å². The number of amides is 1. The lowest BCUT2D eigenvalue weighted by Crippen LogP contribution is -2.17. The van der Waals surface area contributed by atoms with Gasteiger partial charge >= 0.3 is 0 Å². The number of alkyl halides is 1. The molecular formula is C15H11Cl2NO3. The second-order valence-electron chi connectivity index (χ2n) is 4.45. The summed E-state index contributed by atoms with van der Waals surface area (Å²) in [5.74, 6) is 0.743. The lowest BCUT2D eigenvalue weighted by molar-refractivity contribution is -0.116. The third-order valence-electron chi connectivity index (χ3n) is 3.04. The number of halogens is 2. The van der Waals surface area contributed by atoms with Crippen molar-refractivity contribution in [3.05, 3.63) is 53.1 Å². The number of nitrogens with one attached hydrogen (secondary N) is 1. The molecule has 21 heavy (non-hydrogen) atoms. The smallest absolute Gasteiger partial charge is 0.247 e. The maximum atomic E-state index is 12.2. The average Bonchev–Trinajstić information content (AvgIpc) is 2.94. The number of anilines is 1. The Morgan fingerprint density at radius 1 is 1.14 bits per heavy atom. The molecule has 1 aliphatic heterocycles. The fourth-order valence-corrected chi connectivity index (χ4v) is 2.38. The molecule has 1 atom stereocenters. The van der Waals surface area contributed by atoms with E-state index in [1.807, 2.05) is 18.2 Å². The maximum Gasteiger partial charge on any atom is 0.247 e. The summed E-state index contributed by atoms with van der Waals surface area (Å²) in [5.41, 5.74) is 1.15. The van der Waals surface area contributed by atoms with Gasteiger partial charge in [0, 0.05) is 12.1 Å². The van der Waals surface area contributed by atoms with Gasteiger partial charge in [-0.05, 0) is 5.56 Å². The van der Waals surface area contributed by atoms with Crippen LogP contribution in [0.4, 0.5) is 5.69 Å². The number of hydrogen-bond donors (Lipinski definition) is 1. The Bertz CT molecular complexity index is 676. The van der Waals surface area contributed by atoms with Crippen LogP contribution in [-0.2, 0) is 4.79 Å². The second-order valence-corrected chi connectivity index (χ2v) is 5.29. The van der Waals surface area contributed by atoms with Crippen LogP contribution >= 0.6 is 23.2 Å². The van der Waals surface area contributed by atoms with Crippen molar-refractivity contribution in [2.24, 2.45) is 0 Å². The highest BCUT2D eigenvalue weighted by atomic mass is 35.5. The highest BCUT2D eigenvalue weighted by molar-refractivity contribution is 6.36. The molecule has 1 N–H and O–H groups in total. The van der Waals surface area contributed by atoms with Gasteiger partial charge in [-0.3, -0.25) is 4.79 Å². The summed E-state index contributed by atoms with van der Waals surface area (Å²) < 4.78 is 10.5. The van der Waals surface area contributed by atoms with E-state index in [0.717, 1.165) is 0 Å². The zero-order valence-corrected chi connectivity index (χ0v) is 12.3.